The van der Waals surface area contributed by atoms with Crippen molar-refractivity contribution in [2.45, 2.75) is 45.2 Å². The molecule has 3 atom stereocenters. The molecule has 1 aliphatic heterocycles. The highest BCUT2D eigenvalue weighted by Gasteiger charge is 2.41. The summed E-state index contributed by atoms with van der Waals surface area (Å²) in [5.41, 5.74) is 7.20. The fourth-order valence-electron chi connectivity index (χ4n) is 3.90. The molecule has 1 fully saturated rings. The van der Waals surface area contributed by atoms with Gasteiger partial charge in [-0.25, -0.2) is 14.3 Å². The van der Waals surface area contributed by atoms with Crippen molar-refractivity contribution in [3.8, 4) is 6.07 Å². The Kier molecular flexibility index (Phi) is 6.29. The van der Waals surface area contributed by atoms with Gasteiger partial charge in [-0.05, 0) is 17.7 Å². The molecule has 3 heterocycles. The molecule has 176 valence electrons. The van der Waals surface area contributed by atoms with Crippen molar-refractivity contribution in [3.63, 3.8) is 0 Å². The Hall–Kier alpha value is -4.24. The highest BCUT2D eigenvalue weighted by atomic mass is 16.6. The van der Waals surface area contributed by atoms with Gasteiger partial charge in [-0.2, -0.15) is 10.2 Å². The Balaban J connectivity index is 1.77. The molecular weight excluding hydrogens is 444 g/mol. The number of hydrogen-bond acceptors (Lipinski definition) is 10. The van der Waals surface area contributed by atoms with Gasteiger partial charge in [0.15, 0.2) is 11.9 Å². The Morgan fingerprint density at radius 1 is 1.26 bits per heavy atom. The number of nitrogens with zero attached hydrogens (tertiary/aromatic N) is 5. The number of aromatic nitrogens is 4. The maximum atomic E-state index is 13.6. The van der Waals surface area contributed by atoms with Crippen LogP contribution < -0.4 is 11.4 Å². The normalized spacial score (nSPS) is 19.6. The number of nitrogen functional groups attached to an aromatic ring is 1. The predicted molar refractivity (Wildman–Crippen MR) is 117 cm³/mol. The first-order valence-corrected chi connectivity index (χ1v) is 10.4. The van der Waals surface area contributed by atoms with Crippen LogP contribution in [0.4, 0.5) is 5.95 Å². The number of benzene rings is 1. The maximum Gasteiger partial charge on any atom is 0.332 e. The van der Waals surface area contributed by atoms with Crippen LogP contribution in [0.3, 0.4) is 0 Å². The molecule has 0 unspecified atom stereocenters. The van der Waals surface area contributed by atoms with Crippen LogP contribution in [0.1, 0.15) is 37.6 Å². The molecule has 34 heavy (non-hydrogen) atoms. The quantitative estimate of drug-likeness (QED) is 0.515. The number of carbonyl (C=O) groups is 2. The Morgan fingerprint density at radius 3 is 2.65 bits per heavy atom. The third-order valence-electron chi connectivity index (χ3n) is 5.34. The van der Waals surface area contributed by atoms with Crippen molar-refractivity contribution in [2.24, 2.45) is 0 Å². The van der Waals surface area contributed by atoms with E-state index in [1.807, 2.05) is 0 Å². The topological polar surface area (TPSA) is 164 Å². The smallest absolute Gasteiger partial charge is 0.332 e. The van der Waals surface area contributed by atoms with E-state index < -0.39 is 36.1 Å². The molecular formula is C22H22N6O6. The first-order chi connectivity index (χ1) is 16.3. The molecule has 2 aromatic heterocycles. The molecule has 3 aromatic rings. The van der Waals surface area contributed by atoms with Crippen molar-refractivity contribution in [2.75, 3.05) is 12.3 Å². The molecule has 1 aliphatic rings. The molecule has 1 aromatic carbocycles. The van der Waals surface area contributed by atoms with Crippen LogP contribution in [-0.2, 0) is 30.3 Å². The average Bonchev–Trinajstić information content (AvgIpc) is 3.29. The number of ether oxygens (including phenoxy) is 3. The molecule has 12 heteroatoms. The molecule has 1 saturated heterocycles. The zero-order chi connectivity index (χ0) is 24.4. The highest BCUT2D eigenvalue weighted by Crippen LogP contribution is 2.33. The summed E-state index contributed by atoms with van der Waals surface area (Å²) < 4.78 is 19.2. The lowest BCUT2D eigenvalue weighted by Crippen LogP contribution is -2.34. The maximum absolute atomic E-state index is 13.6. The van der Waals surface area contributed by atoms with E-state index in [1.165, 1.54) is 29.2 Å². The number of esters is 2. The average molecular weight is 466 g/mol. The monoisotopic (exact) mass is 466 g/mol. The van der Waals surface area contributed by atoms with Crippen LogP contribution in [0.25, 0.3) is 11.2 Å². The summed E-state index contributed by atoms with van der Waals surface area (Å²) in [6, 6.07) is 8.86. The number of nitrogens with two attached hydrogens (primary N) is 1. The van der Waals surface area contributed by atoms with Gasteiger partial charge in [0.25, 0.3) is 0 Å². The van der Waals surface area contributed by atoms with E-state index >= 15 is 0 Å². The van der Waals surface area contributed by atoms with E-state index in [1.54, 1.807) is 24.3 Å². The lowest BCUT2D eigenvalue weighted by molar-refractivity contribution is -0.153. The van der Waals surface area contributed by atoms with Crippen molar-refractivity contribution >= 4 is 29.1 Å². The zero-order valence-corrected chi connectivity index (χ0v) is 18.5. The third kappa shape index (κ3) is 4.60. The van der Waals surface area contributed by atoms with Gasteiger partial charge in [0, 0.05) is 20.3 Å². The van der Waals surface area contributed by atoms with Crippen LogP contribution in [0, 0.1) is 11.3 Å². The fraction of sp³-hybridized carbons (Fsp3) is 0.364. The van der Waals surface area contributed by atoms with Gasteiger partial charge in [-0.1, -0.05) is 12.1 Å². The summed E-state index contributed by atoms with van der Waals surface area (Å²) in [6.45, 7) is 2.65. The predicted octanol–water partition coefficient (Wildman–Crippen LogP) is 0.877. The van der Waals surface area contributed by atoms with Crippen LogP contribution in [-0.4, -0.2) is 49.9 Å². The minimum atomic E-state index is -1.02. The van der Waals surface area contributed by atoms with E-state index in [0.29, 0.717) is 11.1 Å². The van der Waals surface area contributed by atoms with Gasteiger partial charge >= 0.3 is 17.6 Å². The number of nitriles is 1. The van der Waals surface area contributed by atoms with Gasteiger partial charge in [-0.3, -0.25) is 14.2 Å². The molecule has 0 saturated carbocycles. The molecule has 12 nitrogen and oxygen atoms in total. The van der Waals surface area contributed by atoms with Gasteiger partial charge in [0.2, 0.25) is 5.95 Å². The summed E-state index contributed by atoms with van der Waals surface area (Å²) in [4.78, 5) is 44.8. The molecule has 2 N–H and O–H groups in total. The minimum absolute atomic E-state index is 0.0460. The zero-order valence-electron chi connectivity index (χ0n) is 18.5. The van der Waals surface area contributed by atoms with Crippen LogP contribution in [0.5, 0.6) is 0 Å². The number of carbonyl (C=O) groups excluding carboxylic acids is 2. The fourth-order valence-corrected chi connectivity index (χ4v) is 3.90. The molecule has 4 rings (SSSR count). The molecule has 0 amide bonds. The number of anilines is 1. The van der Waals surface area contributed by atoms with Crippen molar-refractivity contribution in [3.05, 3.63) is 52.1 Å². The second-order valence-electron chi connectivity index (χ2n) is 7.82. The van der Waals surface area contributed by atoms with Crippen LogP contribution >= 0.6 is 0 Å². The minimum Gasteiger partial charge on any atom is -0.463 e. The Morgan fingerprint density at radius 2 is 2.00 bits per heavy atom. The number of hydrogen-bond donors (Lipinski definition) is 1. The van der Waals surface area contributed by atoms with Crippen molar-refractivity contribution in [1.82, 2.24) is 19.1 Å². The number of imidazole rings is 1. The number of rotatable bonds is 6. The lowest BCUT2D eigenvalue weighted by Gasteiger charge is -2.19. The largest absolute Gasteiger partial charge is 0.463 e. The Labute approximate surface area is 193 Å². The summed E-state index contributed by atoms with van der Waals surface area (Å²) in [6.07, 6.45) is -0.781. The molecule has 0 bridgehead atoms. The van der Waals surface area contributed by atoms with Crippen molar-refractivity contribution in [1.29, 1.82) is 5.26 Å². The van der Waals surface area contributed by atoms with E-state index in [9.17, 15) is 14.4 Å². The van der Waals surface area contributed by atoms with Crippen molar-refractivity contribution < 1.29 is 23.8 Å². The van der Waals surface area contributed by atoms with E-state index in [0.717, 1.165) is 5.56 Å². The second kappa shape index (κ2) is 9.32. The first kappa shape index (κ1) is 22.9. The lowest BCUT2D eigenvalue weighted by atomic mass is 10.1. The van der Waals surface area contributed by atoms with Crippen LogP contribution in [0.15, 0.2) is 35.3 Å². The van der Waals surface area contributed by atoms with E-state index in [4.69, 9.17) is 25.2 Å². The van der Waals surface area contributed by atoms with E-state index in [-0.39, 0.29) is 31.2 Å². The Bertz CT molecular complexity index is 1340. The van der Waals surface area contributed by atoms with Gasteiger partial charge in [-0.15, -0.1) is 0 Å². The third-order valence-corrected chi connectivity index (χ3v) is 5.34. The van der Waals surface area contributed by atoms with Gasteiger partial charge in [0.1, 0.15) is 18.2 Å². The SMILES string of the molecule is CC(=O)OC[C@@H]1C[C@@H](OC(C)=O)[C@H](n2c(=O)n(Cc3ccc(C#N)cc3)c3cnc(N)nc32)O1. The summed E-state index contributed by atoms with van der Waals surface area (Å²) in [7, 11) is 0. The summed E-state index contributed by atoms with van der Waals surface area (Å²) in [5.74, 6) is -1.07. The molecule has 0 radical (unpaired) electrons. The standard InChI is InChI=1S/C22H22N6O6/c1-12(29)32-11-16-7-18(33-13(2)30)20(34-16)28-19-17(9-25-21(24)26-19)27(22(28)31)10-15-5-3-14(8-23)4-6-15/h3-6,9,16,18,20H,7,10-11H2,1-2H3,(H2,24,25,26)/t16-,18+,20+/m0/s1. The second-order valence-corrected chi connectivity index (χ2v) is 7.82. The van der Waals surface area contributed by atoms with Gasteiger partial charge < -0.3 is 19.9 Å². The van der Waals surface area contributed by atoms with E-state index in [2.05, 4.69) is 16.0 Å². The van der Waals surface area contributed by atoms with Crippen LogP contribution in [0.2, 0.25) is 0 Å². The van der Waals surface area contributed by atoms with Gasteiger partial charge in [0.05, 0.1) is 30.5 Å². The first-order valence-electron chi connectivity index (χ1n) is 10.4. The summed E-state index contributed by atoms with van der Waals surface area (Å²) >= 11 is 0. The summed E-state index contributed by atoms with van der Waals surface area (Å²) in [5, 5.41) is 9.02. The molecule has 0 aliphatic carbocycles. The highest BCUT2D eigenvalue weighted by molar-refractivity contribution is 5.72. The molecule has 0 spiro atoms. The number of fused-ring (bicyclic) bond motifs is 1.